The Morgan fingerprint density at radius 1 is 1.28 bits per heavy atom. The van der Waals surface area contributed by atoms with Crippen molar-refractivity contribution >= 4 is 11.9 Å². The molecular formula is C16H22KN3O5. The molecular weight excluding hydrogens is 353 g/mol. The fraction of sp³-hybridized carbons (Fsp3) is 0.688. The Balaban J connectivity index is 0.00000225. The number of nitrogens with zero attached hydrogens (tertiary/aromatic N) is 3. The predicted molar refractivity (Wildman–Crippen MR) is 82.3 cm³/mol. The molecule has 1 saturated heterocycles. The first-order chi connectivity index (χ1) is 11.4. The molecule has 3 heterocycles. The molecule has 1 atom stereocenters. The van der Waals surface area contributed by atoms with Gasteiger partial charge in [-0.15, -0.1) is 0 Å². The molecule has 8 nitrogen and oxygen atoms in total. The quantitative estimate of drug-likeness (QED) is 0.534. The van der Waals surface area contributed by atoms with Crippen molar-refractivity contribution in [3.05, 3.63) is 21.9 Å². The van der Waals surface area contributed by atoms with Crippen molar-refractivity contribution in [2.24, 2.45) is 12.5 Å². The largest absolute Gasteiger partial charge is 1.00 e. The molecule has 1 aromatic rings. The van der Waals surface area contributed by atoms with Gasteiger partial charge in [-0.3, -0.25) is 13.9 Å². The van der Waals surface area contributed by atoms with Gasteiger partial charge in [0.05, 0.1) is 5.69 Å². The molecule has 1 fully saturated rings. The van der Waals surface area contributed by atoms with Crippen molar-refractivity contribution in [3.63, 3.8) is 0 Å². The number of rotatable bonds is 4. The van der Waals surface area contributed by atoms with Gasteiger partial charge in [-0.05, 0) is 32.1 Å². The monoisotopic (exact) mass is 375 g/mol. The molecule has 2 aliphatic heterocycles. The van der Waals surface area contributed by atoms with E-state index in [0.29, 0.717) is 18.7 Å². The average Bonchev–Trinajstić information content (AvgIpc) is 3.10. The van der Waals surface area contributed by atoms with Gasteiger partial charge >= 0.3 is 57.1 Å². The number of carboxylic acid groups (broad SMARTS) is 1. The molecule has 25 heavy (non-hydrogen) atoms. The standard InChI is InChI=1S/C16H23N3O5.K/c1-17-12(11-4-2-3-7-19(11)15(17)24)13(21)18-8-5-16(10-18,6-9-20)14(22)23;/h20H,2-10H2,1H3,(H,22,23);/q;+1/p-1. The predicted octanol–water partition coefficient (Wildman–Crippen LogP) is -4.51. The average molecular weight is 375 g/mol. The summed E-state index contributed by atoms with van der Waals surface area (Å²) < 4.78 is 3.01. The summed E-state index contributed by atoms with van der Waals surface area (Å²) in [6.07, 6.45) is 2.83. The SMILES string of the molecule is Cn1c(C(=O)N2CCC(CCO)(C(=O)[O-])C2)c2n(c1=O)CCCC2.[K+]. The van der Waals surface area contributed by atoms with Crippen molar-refractivity contribution in [2.75, 3.05) is 19.7 Å². The van der Waals surface area contributed by atoms with Crippen molar-refractivity contribution in [1.29, 1.82) is 0 Å². The number of fused-ring (bicyclic) bond motifs is 1. The number of hydrogen-bond acceptors (Lipinski definition) is 5. The molecule has 0 radical (unpaired) electrons. The van der Waals surface area contributed by atoms with Crippen LogP contribution in [0.2, 0.25) is 0 Å². The van der Waals surface area contributed by atoms with E-state index < -0.39 is 11.4 Å². The minimum absolute atomic E-state index is 0. The smallest absolute Gasteiger partial charge is 0.549 e. The van der Waals surface area contributed by atoms with E-state index in [-0.39, 0.29) is 95.5 Å². The number of aliphatic hydroxyl groups is 1. The first kappa shape index (κ1) is 20.9. The van der Waals surface area contributed by atoms with E-state index >= 15 is 0 Å². The Morgan fingerprint density at radius 3 is 2.64 bits per heavy atom. The van der Waals surface area contributed by atoms with Crippen molar-refractivity contribution in [3.8, 4) is 0 Å². The molecule has 0 aromatic carbocycles. The summed E-state index contributed by atoms with van der Waals surface area (Å²) in [5.41, 5.74) is -0.304. The molecule has 2 aliphatic rings. The Hall–Kier alpha value is -0.454. The molecule has 9 heteroatoms. The normalized spacial score (nSPS) is 22.4. The van der Waals surface area contributed by atoms with Gasteiger partial charge in [0.2, 0.25) is 0 Å². The number of amides is 1. The Labute approximate surface area is 188 Å². The first-order valence-electron chi connectivity index (χ1n) is 8.31. The van der Waals surface area contributed by atoms with Gasteiger partial charge < -0.3 is 19.9 Å². The van der Waals surface area contributed by atoms with Crippen LogP contribution in [0.5, 0.6) is 0 Å². The first-order valence-corrected chi connectivity index (χ1v) is 8.31. The summed E-state index contributed by atoms with van der Waals surface area (Å²) in [5.74, 6) is -1.55. The van der Waals surface area contributed by atoms with Gasteiger partial charge in [0.25, 0.3) is 5.91 Å². The van der Waals surface area contributed by atoms with E-state index in [1.165, 1.54) is 9.47 Å². The molecule has 132 valence electrons. The van der Waals surface area contributed by atoms with Crippen LogP contribution < -0.4 is 62.2 Å². The number of aliphatic carboxylic acids is 1. The second-order valence-electron chi connectivity index (χ2n) is 6.76. The van der Waals surface area contributed by atoms with Crippen LogP contribution in [0.1, 0.15) is 41.9 Å². The van der Waals surface area contributed by atoms with Gasteiger partial charge in [-0.2, -0.15) is 0 Å². The van der Waals surface area contributed by atoms with E-state index in [0.717, 1.165) is 18.5 Å². The molecule has 0 saturated carbocycles. The van der Waals surface area contributed by atoms with E-state index in [4.69, 9.17) is 5.11 Å². The zero-order chi connectivity index (χ0) is 17.5. The maximum atomic E-state index is 12.9. The summed E-state index contributed by atoms with van der Waals surface area (Å²) in [5, 5.41) is 20.6. The van der Waals surface area contributed by atoms with Gasteiger partial charge in [-0.1, -0.05) is 0 Å². The second-order valence-corrected chi connectivity index (χ2v) is 6.76. The van der Waals surface area contributed by atoms with E-state index in [1.807, 2.05) is 0 Å². The third-order valence-electron chi connectivity index (χ3n) is 5.36. The fourth-order valence-electron chi connectivity index (χ4n) is 3.91. The number of aliphatic hydroxyl groups excluding tert-OH is 1. The Morgan fingerprint density at radius 2 is 2.00 bits per heavy atom. The zero-order valence-corrected chi connectivity index (χ0v) is 17.9. The third kappa shape index (κ3) is 3.54. The van der Waals surface area contributed by atoms with Crippen LogP contribution >= 0.6 is 0 Å². The molecule has 1 unspecified atom stereocenters. The maximum Gasteiger partial charge on any atom is 1.00 e. The number of carboxylic acids is 1. The fourth-order valence-corrected chi connectivity index (χ4v) is 3.91. The molecule has 1 aromatic heterocycles. The van der Waals surface area contributed by atoms with Crippen molar-refractivity contribution in [1.82, 2.24) is 14.0 Å². The van der Waals surface area contributed by atoms with Gasteiger partial charge in [-0.25, -0.2) is 4.79 Å². The van der Waals surface area contributed by atoms with Gasteiger partial charge in [0.15, 0.2) is 0 Å². The van der Waals surface area contributed by atoms with Crippen molar-refractivity contribution in [2.45, 2.75) is 38.6 Å². The van der Waals surface area contributed by atoms with E-state index in [9.17, 15) is 19.5 Å². The minimum atomic E-state index is -1.24. The summed E-state index contributed by atoms with van der Waals surface area (Å²) in [4.78, 5) is 38.2. The molecule has 1 amide bonds. The number of carbonyl (C=O) groups is 2. The number of likely N-dealkylation sites (tertiary alicyclic amines) is 1. The molecule has 3 rings (SSSR count). The number of hydrogen-bond donors (Lipinski definition) is 1. The maximum absolute atomic E-state index is 12.9. The third-order valence-corrected chi connectivity index (χ3v) is 5.36. The Bertz CT molecular complexity index is 741. The van der Waals surface area contributed by atoms with Crippen molar-refractivity contribution < 1.29 is 71.2 Å². The van der Waals surface area contributed by atoms with E-state index in [2.05, 4.69) is 0 Å². The molecule has 0 aliphatic carbocycles. The second kappa shape index (κ2) is 8.06. The van der Waals surface area contributed by atoms with Crippen LogP contribution in [-0.2, 0) is 24.8 Å². The van der Waals surface area contributed by atoms with E-state index in [1.54, 1.807) is 11.6 Å². The van der Waals surface area contributed by atoms with Crippen LogP contribution in [0.4, 0.5) is 0 Å². The van der Waals surface area contributed by atoms with Crippen LogP contribution in [0.25, 0.3) is 0 Å². The number of carbonyl (C=O) groups excluding carboxylic acids is 2. The Kier molecular flexibility index (Phi) is 6.72. The van der Waals surface area contributed by atoms with Crippen LogP contribution in [0.15, 0.2) is 4.79 Å². The molecule has 0 spiro atoms. The summed E-state index contributed by atoms with van der Waals surface area (Å²) >= 11 is 0. The summed E-state index contributed by atoms with van der Waals surface area (Å²) in [6.45, 7) is 0.637. The number of aromatic nitrogens is 2. The topological polar surface area (TPSA) is 108 Å². The van der Waals surface area contributed by atoms with Gasteiger partial charge in [0, 0.05) is 44.7 Å². The van der Waals surface area contributed by atoms with Crippen LogP contribution in [-0.4, -0.2) is 50.7 Å². The number of imidazole rings is 1. The zero-order valence-electron chi connectivity index (χ0n) is 14.8. The van der Waals surface area contributed by atoms with Crippen LogP contribution in [0, 0.1) is 5.41 Å². The summed E-state index contributed by atoms with van der Waals surface area (Å²) in [7, 11) is 1.58. The molecule has 0 bridgehead atoms. The summed E-state index contributed by atoms with van der Waals surface area (Å²) in [6, 6.07) is 0. The minimum Gasteiger partial charge on any atom is -0.549 e. The molecule has 1 N–H and O–H groups in total. The van der Waals surface area contributed by atoms with Crippen LogP contribution in [0.3, 0.4) is 0 Å². The van der Waals surface area contributed by atoms with Gasteiger partial charge in [0.1, 0.15) is 5.69 Å².